The zero-order valence-electron chi connectivity index (χ0n) is 14.9. The minimum absolute atomic E-state index is 0.0418. The van der Waals surface area contributed by atoms with E-state index in [9.17, 15) is 4.79 Å². The summed E-state index contributed by atoms with van der Waals surface area (Å²) in [5, 5.41) is 3.02. The highest BCUT2D eigenvalue weighted by atomic mass is 16.5. The number of ether oxygens (including phenoxy) is 2. The monoisotopic (exact) mass is 353 g/mol. The Balaban J connectivity index is 1.32. The van der Waals surface area contributed by atoms with E-state index in [1.54, 1.807) is 7.11 Å². The van der Waals surface area contributed by atoms with Crippen LogP contribution in [0.4, 0.5) is 0 Å². The van der Waals surface area contributed by atoms with Gasteiger partial charge in [0.25, 0.3) is 5.91 Å². The number of benzene rings is 1. The van der Waals surface area contributed by atoms with Crippen molar-refractivity contribution >= 4 is 5.91 Å². The number of carbonyl (C=O) groups excluding carboxylic acids is 1. The van der Waals surface area contributed by atoms with E-state index >= 15 is 0 Å². The molecule has 6 nitrogen and oxygen atoms in total. The van der Waals surface area contributed by atoms with Gasteiger partial charge in [-0.25, -0.2) is 4.98 Å². The van der Waals surface area contributed by atoms with Crippen LogP contribution in [-0.2, 0) is 6.54 Å². The fraction of sp³-hybridized carbons (Fsp3) is 0.400. The van der Waals surface area contributed by atoms with Crippen LogP contribution in [-0.4, -0.2) is 48.1 Å². The molecule has 1 aliphatic heterocycles. The van der Waals surface area contributed by atoms with E-state index in [0.29, 0.717) is 23.2 Å². The van der Waals surface area contributed by atoms with E-state index in [1.165, 1.54) is 0 Å². The van der Waals surface area contributed by atoms with Crippen LogP contribution < -0.4 is 14.8 Å². The van der Waals surface area contributed by atoms with Gasteiger partial charge in [-0.05, 0) is 31.0 Å². The molecule has 1 N–H and O–H groups in total. The Morgan fingerprint density at radius 2 is 2.00 bits per heavy atom. The first-order valence-corrected chi connectivity index (χ1v) is 9.00. The molecule has 0 radical (unpaired) electrons. The lowest BCUT2D eigenvalue weighted by atomic mass is 10.1. The quantitative estimate of drug-likeness (QED) is 0.827. The molecule has 136 valence electrons. The summed E-state index contributed by atoms with van der Waals surface area (Å²) in [4.78, 5) is 19.0. The van der Waals surface area contributed by atoms with Gasteiger partial charge in [0, 0.05) is 31.7 Å². The highest BCUT2D eigenvalue weighted by molar-refractivity contribution is 5.97. The Morgan fingerprint density at radius 3 is 2.77 bits per heavy atom. The Bertz CT molecular complexity index is 785. The van der Waals surface area contributed by atoms with Gasteiger partial charge in [-0.1, -0.05) is 18.2 Å². The number of aromatic nitrogens is 1. The molecule has 0 atom stereocenters. The number of pyridine rings is 1. The maximum absolute atomic E-state index is 12.3. The van der Waals surface area contributed by atoms with E-state index in [4.69, 9.17) is 9.47 Å². The van der Waals surface area contributed by atoms with Gasteiger partial charge >= 0.3 is 0 Å². The van der Waals surface area contributed by atoms with Gasteiger partial charge in [0.2, 0.25) is 5.88 Å². The van der Waals surface area contributed by atoms with Crippen molar-refractivity contribution in [3.63, 3.8) is 0 Å². The molecule has 1 aromatic carbocycles. The smallest absolute Gasteiger partial charge is 0.255 e. The Kier molecular flexibility index (Phi) is 4.75. The minimum atomic E-state index is -0.0418. The first-order valence-electron chi connectivity index (χ1n) is 9.00. The topological polar surface area (TPSA) is 63.7 Å². The number of nitrogens with one attached hydrogen (secondary N) is 1. The van der Waals surface area contributed by atoms with Gasteiger partial charge in [0.05, 0.1) is 18.4 Å². The lowest BCUT2D eigenvalue weighted by Gasteiger charge is -2.39. The van der Waals surface area contributed by atoms with Crippen LogP contribution in [0.1, 0.15) is 28.9 Å². The maximum atomic E-state index is 12.3. The number of methoxy groups -OCH3 is 1. The van der Waals surface area contributed by atoms with Crippen molar-refractivity contribution in [2.45, 2.75) is 31.5 Å². The molecule has 2 heterocycles. The molecule has 2 fully saturated rings. The van der Waals surface area contributed by atoms with Crippen molar-refractivity contribution in [1.29, 1.82) is 0 Å². The van der Waals surface area contributed by atoms with Crippen LogP contribution in [0.25, 0.3) is 0 Å². The van der Waals surface area contributed by atoms with Crippen LogP contribution >= 0.6 is 0 Å². The summed E-state index contributed by atoms with van der Waals surface area (Å²) in [5.41, 5.74) is 1.60. The Hall–Kier alpha value is -2.60. The largest absolute Gasteiger partial charge is 0.487 e. The van der Waals surface area contributed by atoms with Crippen LogP contribution in [0.5, 0.6) is 11.6 Å². The summed E-state index contributed by atoms with van der Waals surface area (Å²) >= 11 is 0. The first-order chi connectivity index (χ1) is 12.7. The molecule has 1 aliphatic carbocycles. The molecular formula is C20H23N3O3. The third kappa shape index (κ3) is 3.96. The zero-order chi connectivity index (χ0) is 17.9. The number of carbonyl (C=O) groups is 1. The average Bonchev–Trinajstić information content (AvgIpc) is 3.44. The molecule has 6 heteroatoms. The standard InChI is InChI=1S/C20H23N3O3/c1-25-19-8-4-5-15(21-19)11-23-12-16(13-23)26-18-7-3-2-6-17(18)20(24)22-14-9-10-14/h2-8,14,16H,9-13H2,1H3,(H,22,24). The second kappa shape index (κ2) is 7.33. The predicted molar refractivity (Wildman–Crippen MR) is 97.4 cm³/mol. The lowest BCUT2D eigenvalue weighted by molar-refractivity contribution is 0.0132. The number of amides is 1. The van der Waals surface area contributed by atoms with Gasteiger partial charge in [-0.3, -0.25) is 9.69 Å². The second-order valence-corrected chi connectivity index (χ2v) is 6.85. The van der Waals surface area contributed by atoms with E-state index in [0.717, 1.165) is 38.2 Å². The molecule has 2 aromatic rings. The third-order valence-corrected chi connectivity index (χ3v) is 4.64. The number of rotatable bonds is 7. The SMILES string of the molecule is COc1cccc(CN2CC(Oc3ccccc3C(=O)NC3CC3)C2)n1. The zero-order valence-corrected chi connectivity index (χ0v) is 14.9. The molecule has 1 aromatic heterocycles. The summed E-state index contributed by atoms with van der Waals surface area (Å²) in [6, 6.07) is 13.6. The first kappa shape index (κ1) is 16.8. The molecule has 4 rings (SSSR count). The number of likely N-dealkylation sites (tertiary alicyclic amines) is 1. The molecule has 0 unspecified atom stereocenters. The number of hydrogen-bond acceptors (Lipinski definition) is 5. The summed E-state index contributed by atoms with van der Waals surface area (Å²) < 4.78 is 11.2. The maximum Gasteiger partial charge on any atom is 0.255 e. The number of para-hydroxylation sites is 1. The average molecular weight is 353 g/mol. The Labute approximate surface area is 153 Å². The van der Waals surface area contributed by atoms with Gasteiger partial charge in [0.1, 0.15) is 11.9 Å². The minimum Gasteiger partial charge on any atom is -0.487 e. The van der Waals surface area contributed by atoms with Crippen molar-refractivity contribution < 1.29 is 14.3 Å². The number of hydrogen-bond donors (Lipinski definition) is 1. The van der Waals surface area contributed by atoms with Gasteiger partial charge < -0.3 is 14.8 Å². The normalized spacial score (nSPS) is 17.4. The molecule has 26 heavy (non-hydrogen) atoms. The molecule has 2 aliphatic rings. The van der Waals surface area contributed by atoms with Crippen molar-refractivity contribution in [1.82, 2.24) is 15.2 Å². The predicted octanol–water partition coefficient (Wildman–Crippen LogP) is 2.25. The highest BCUT2D eigenvalue weighted by Gasteiger charge is 2.30. The van der Waals surface area contributed by atoms with Crippen LogP contribution in [0.3, 0.4) is 0 Å². The van der Waals surface area contributed by atoms with Crippen LogP contribution in [0.15, 0.2) is 42.5 Å². The van der Waals surface area contributed by atoms with E-state index in [-0.39, 0.29) is 12.0 Å². The molecule has 0 spiro atoms. The van der Waals surface area contributed by atoms with Gasteiger partial charge in [0.15, 0.2) is 0 Å². The summed E-state index contributed by atoms with van der Waals surface area (Å²) in [6.07, 6.45) is 2.24. The van der Waals surface area contributed by atoms with E-state index in [2.05, 4.69) is 15.2 Å². The molecule has 1 saturated carbocycles. The molecule has 1 amide bonds. The number of nitrogens with zero attached hydrogens (tertiary/aromatic N) is 2. The van der Waals surface area contributed by atoms with Crippen molar-refractivity contribution in [2.75, 3.05) is 20.2 Å². The van der Waals surface area contributed by atoms with E-state index in [1.807, 2.05) is 42.5 Å². The van der Waals surface area contributed by atoms with Crippen molar-refractivity contribution in [3.05, 3.63) is 53.7 Å². The van der Waals surface area contributed by atoms with Crippen LogP contribution in [0.2, 0.25) is 0 Å². The van der Waals surface area contributed by atoms with Crippen LogP contribution in [0, 0.1) is 0 Å². The summed E-state index contributed by atoms with van der Waals surface area (Å²) in [6.45, 7) is 2.40. The fourth-order valence-electron chi connectivity index (χ4n) is 3.04. The summed E-state index contributed by atoms with van der Waals surface area (Å²) in [5.74, 6) is 1.25. The Morgan fingerprint density at radius 1 is 1.19 bits per heavy atom. The lowest BCUT2D eigenvalue weighted by Crippen LogP contribution is -2.53. The van der Waals surface area contributed by atoms with Crippen molar-refractivity contribution in [3.8, 4) is 11.6 Å². The second-order valence-electron chi connectivity index (χ2n) is 6.85. The van der Waals surface area contributed by atoms with E-state index < -0.39 is 0 Å². The molecular weight excluding hydrogens is 330 g/mol. The fourth-order valence-corrected chi connectivity index (χ4v) is 3.04. The van der Waals surface area contributed by atoms with Gasteiger partial charge in [-0.15, -0.1) is 0 Å². The third-order valence-electron chi connectivity index (χ3n) is 4.64. The van der Waals surface area contributed by atoms with Crippen molar-refractivity contribution in [2.24, 2.45) is 0 Å². The highest BCUT2D eigenvalue weighted by Crippen LogP contribution is 2.25. The molecule has 1 saturated heterocycles. The summed E-state index contributed by atoms with van der Waals surface area (Å²) in [7, 11) is 1.62. The molecule has 0 bridgehead atoms. The van der Waals surface area contributed by atoms with Gasteiger partial charge in [-0.2, -0.15) is 0 Å².